The zero-order valence-corrected chi connectivity index (χ0v) is 13.9. The molecule has 24 heavy (non-hydrogen) atoms. The molecule has 1 aliphatic rings. The van der Waals surface area contributed by atoms with E-state index in [9.17, 15) is 18.3 Å². The summed E-state index contributed by atoms with van der Waals surface area (Å²) >= 11 is 0. The maximum atomic E-state index is 11.8. The summed E-state index contributed by atoms with van der Waals surface area (Å²) in [5, 5.41) is 14.8. The highest BCUT2D eigenvalue weighted by atomic mass is 32.2. The molecular formula is C18H19NO4S. The quantitative estimate of drug-likeness (QED) is 0.890. The standard InChI is InChI=1S/C18H19NO4S/c19-24(22,23)16-8-6-13(7-9-16)14-4-3-5-15(12-14)18(17(20)21)10-1-2-11-18/h3-9,12H,1-2,10-11H2,(H,20,21)(H2,19,22,23). The largest absolute Gasteiger partial charge is 0.481 e. The summed E-state index contributed by atoms with van der Waals surface area (Å²) in [6, 6.07) is 13.8. The molecule has 0 heterocycles. The summed E-state index contributed by atoms with van der Waals surface area (Å²) in [5.41, 5.74) is 1.68. The van der Waals surface area contributed by atoms with Crippen LogP contribution in [0.5, 0.6) is 0 Å². The minimum atomic E-state index is -3.72. The van der Waals surface area contributed by atoms with E-state index in [1.54, 1.807) is 12.1 Å². The predicted octanol–water partition coefficient (Wildman–Crippen LogP) is 2.90. The minimum Gasteiger partial charge on any atom is -0.481 e. The number of primary sulfonamides is 1. The van der Waals surface area contributed by atoms with E-state index in [0.29, 0.717) is 12.8 Å². The highest BCUT2D eigenvalue weighted by Crippen LogP contribution is 2.42. The first-order chi connectivity index (χ1) is 11.3. The molecule has 126 valence electrons. The van der Waals surface area contributed by atoms with E-state index < -0.39 is 21.4 Å². The minimum absolute atomic E-state index is 0.0557. The average Bonchev–Trinajstić information content (AvgIpc) is 3.05. The lowest BCUT2D eigenvalue weighted by atomic mass is 9.78. The molecule has 0 bridgehead atoms. The van der Waals surface area contributed by atoms with Crippen LogP contribution in [0.1, 0.15) is 31.2 Å². The van der Waals surface area contributed by atoms with Crippen LogP contribution in [0.15, 0.2) is 53.4 Å². The number of rotatable bonds is 4. The van der Waals surface area contributed by atoms with Gasteiger partial charge in [0, 0.05) is 0 Å². The van der Waals surface area contributed by atoms with Crippen LogP contribution in [-0.2, 0) is 20.2 Å². The number of hydrogen-bond acceptors (Lipinski definition) is 3. The molecule has 0 saturated heterocycles. The Labute approximate surface area is 141 Å². The van der Waals surface area contributed by atoms with Crippen LogP contribution in [0.3, 0.4) is 0 Å². The van der Waals surface area contributed by atoms with Crippen LogP contribution < -0.4 is 5.14 Å². The molecule has 0 radical (unpaired) electrons. The van der Waals surface area contributed by atoms with Gasteiger partial charge in [-0.2, -0.15) is 0 Å². The summed E-state index contributed by atoms with van der Waals surface area (Å²) in [4.78, 5) is 11.9. The summed E-state index contributed by atoms with van der Waals surface area (Å²) in [5.74, 6) is -0.776. The van der Waals surface area contributed by atoms with E-state index in [4.69, 9.17) is 5.14 Å². The van der Waals surface area contributed by atoms with Crippen molar-refractivity contribution in [3.8, 4) is 11.1 Å². The molecule has 0 atom stereocenters. The topological polar surface area (TPSA) is 97.5 Å². The van der Waals surface area contributed by atoms with Gasteiger partial charge >= 0.3 is 5.97 Å². The van der Waals surface area contributed by atoms with Gasteiger partial charge in [-0.3, -0.25) is 4.79 Å². The van der Waals surface area contributed by atoms with E-state index in [2.05, 4.69) is 0 Å². The van der Waals surface area contributed by atoms with Crippen molar-refractivity contribution in [2.24, 2.45) is 5.14 Å². The molecule has 0 spiro atoms. The smallest absolute Gasteiger partial charge is 0.314 e. The lowest BCUT2D eigenvalue weighted by Gasteiger charge is -2.25. The Morgan fingerprint density at radius 1 is 1.00 bits per heavy atom. The van der Waals surface area contributed by atoms with Gasteiger partial charge in [-0.15, -0.1) is 0 Å². The first-order valence-electron chi connectivity index (χ1n) is 7.80. The number of carbonyl (C=O) groups is 1. The number of carboxylic acid groups (broad SMARTS) is 1. The molecule has 0 aromatic heterocycles. The monoisotopic (exact) mass is 345 g/mol. The molecule has 0 aliphatic heterocycles. The molecule has 1 fully saturated rings. The number of nitrogens with two attached hydrogens (primary N) is 1. The third-order valence-electron chi connectivity index (χ3n) is 4.80. The highest BCUT2D eigenvalue weighted by molar-refractivity contribution is 7.89. The van der Waals surface area contributed by atoms with E-state index in [-0.39, 0.29) is 4.90 Å². The molecule has 1 saturated carbocycles. The van der Waals surface area contributed by atoms with Crippen LogP contribution >= 0.6 is 0 Å². The Kier molecular flexibility index (Phi) is 4.19. The van der Waals surface area contributed by atoms with E-state index in [1.165, 1.54) is 12.1 Å². The summed E-state index contributed by atoms with van der Waals surface area (Å²) in [7, 11) is -3.72. The van der Waals surface area contributed by atoms with Gasteiger partial charge < -0.3 is 5.11 Å². The maximum absolute atomic E-state index is 11.8. The van der Waals surface area contributed by atoms with Crippen LogP contribution in [0.25, 0.3) is 11.1 Å². The van der Waals surface area contributed by atoms with Gasteiger partial charge in [-0.05, 0) is 41.7 Å². The van der Waals surface area contributed by atoms with Crippen molar-refractivity contribution in [3.63, 3.8) is 0 Å². The second kappa shape index (κ2) is 6.03. The van der Waals surface area contributed by atoms with E-state index >= 15 is 0 Å². The molecule has 2 aromatic rings. The summed E-state index contributed by atoms with van der Waals surface area (Å²) in [6.45, 7) is 0. The first-order valence-corrected chi connectivity index (χ1v) is 9.35. The molecule has 0 unspecified atom stereocenters. The van der Waals surface area contributed by atoms with Gasteiger partial charge in [-0.25, -0.2) is 13.6 Å². The molecular weight excluding hydrogens is 326 g/mol. The van der Waals surface area contributed by atoms with Crippen molar-refractivity contribution in [2.45, 2.75) is 36.0 Å². The van der Waals surface area contributed by atoms with Crippen molar-refractivity contribution in [1.29, 1.82) is 0 Å². The average molecular weight is 345 g/mol. The third kappa shape index (κ3) is 2.95. The third-order valence-corrected chi connectivity index (χ3v) is 5.73. The SMILES string of the molecule is NS(=O)(=O)c1ccc(-c2cccc(C3(C(=O)O)CCCC3)c2)cc1. The Bertz CT molecular complexity index is 866. The second-order valence-corrected chi connectivity index (χ2v) is 7.81. The van der Waals surface area contributed by atoms with Crippen LogP contribution in [-0.4, -0.2) is 19.5 Å². The van der Waals surface area contributed by atoms with Crippen molar-refractivity contribution in [1.82, 2.24) is 0 Å². The van der Waals surface area contributed by atoms with Crippen molar-refractivity contribution in [3.05, 3.63) is 54.1 Å². The van der Waals surface area contributed by atoms with E-state index in [1.807, 2.05) is 24.3 Å². The van der Waals surface area contributed by atoms with Gasteiger partial charge in [0.05, 0.1) is 10.3 Å². The molecule has 2 aromatic carbocycles. The fraction of sp³-hybridized carbons (Fsp3) is 0.278. The number of hydrogen-bond donors (Lipinski definition) is 2. The molecule has 3 N–H and O–H groups in total. The van der Waals surface area contributed by atoms with Gasteiger partial charge in [0.1, 0.15) is 0 Å². The zero-order valence-electron chi connectivity index (χ0n) is 13.1. The molecule has 3 rings (SSSR count). The van der Waals surface area contributed by atoms with Gasteiger partial charge in [0.25, 0.3) is 0 Å². The second-order valence-electron chi connectivity index (χ2n) is 6.24. The summed E-state index contributed by atoms with van der Waals surface area (Å²) < 4.78 is 22.7. The lowest BCUT2D eigenvalue weighted by Crippen LogP contribution is -2.32. The van der Waals surface area contributed by atoms with Crippen LogP contribution in [0, 0.1) is 0 Å². The van der Waals surface area contributed by atoms with Crippen LogP contribution in [0.4, 0.5) is 0 Å². The number of aliphatic carboxylic acids is 1. The number of benzene rings is 2. The Balaban J connectivity index is 2.01. The van der Waals surface area contributed by atoms with Crippen molar-refractivity contribution < 1.29 is 18.3 Å². The Morgan fingerprint density at radius 3 is 2.17 bits per heavy atom. The van der Waals surface area contributed by atoms with Crippen molar-refractivity contribution in [2.75, 3.05) is 0 Å². The first kappa shape index (κ1) is 16.7. The molecule has 6 heteroatoms. The molecule has 0 amide bonds. The summed E-state index contributed by atoms with van der Waals surface area (Å²) in [6.07, 6.45) is 3.13. The number of sulfonamides is 1. The van der Waals surface area contributed by atoms with Gasteiger partial charge in [0.15, 0.2) is 0 Å². The number of carboxylic acids is 1. The predicted molar refractivity (Wildman–Crippen MR) is 91.0 cm³/mol. The Hall–Kier alpha value is -2.18. The molecule has 1 aliphatic carbocycles. The van der Waals surface area contributed by atoms with Crippen molar-refractivity contribution >= 4 is 16.0 Å². The zero-order chi connectivity index (χ0) is 17.4. The maximum Gasteiger partial charge on any atom is 0.314 e. The fourth-order valence-electron chi connectivity index (χ4n) is 3.44. The fourth-order valence-corrected chi connectivity index (χ4v) is 3.95. The lowest BCUT2D eigenvalue weighted by molar-refractivity contribution is -0.143. The van der Waals surface area contributed by atoms with Crippen LogP contribution in [0.2, 0.25) is 0 Å². The van der Waals surface area contributed by atoms with Gasteiger partial charge in [-0.1, -0.05) is 49.2 Å². The highest BCUT2D eigenvalue weighted by Gasteiger charge is 2.42. The van der Waals surface area contributed by atoms with E-state index in [0.717, 1.165) is 29.5 Å². The molecule has 5 nitrogen and oxygen atoms in total. The Morgan fingerprint density at radius 2 is 1.62 bits per heavy atom. The normalized spacial score (nSPS) is 16.9. The van der Waals surface area contributed by atoms with Gasteiger partial charge in [0.2, 0.25) is 10.0 Å².